The fraction of sp³-hybridized carbons (Fsp3) is 0.286. The van der Waals surface area contributed by atoms with Gasteiger partial charge in [0.05, 0.1) is 35.5 Å². The van der Waals surface area contributed by atoms with E-state index in [0.29, 0.717) is 51.3 Å². The first-order valence-electron chi connectivity index (χ1n) is 13.1. The van der Waals surface area contributed by atoms with Gasteiger partial charge in [0, 0.05) is 11.8 Å². The zero-order chi connectivity index (χ0) is 28.5. The van der Waals surface area contributed by atoms with Crippen molar-refractivity contribution in [2.45, 2.75) is 19.3 Å². The molecule has 0 saturated carbocycles. The summed E-state index contributed by atoms with van der Waals surface area (Å²) in [4.78, 5) is 37.2. The van der Waals surface area contributed by atoms with Gasteiger partial charge in [-0.25, -0.2) is 24.1 Å². The molecular formula is C28H26ClFN6O4S. The summed E-state index contributed by atoms with van der Waals surface area (Å²) in [5, 5.41) is 9.38. The van der Waals surface area contributed by atoms with E-state index >= 15 is 0 Å². The Morgan fingerprint density at radius 3 is 2.80 bits per heavy atom. The number of thiophene rings is 1. The van der Waals surface area contributed by atoms with Crippen LogP contribution in [0.5, 0.6) is 11.5 Å². The number of rotatable bonds is 8. The zero-order valence-corrected chi connectivity index (χ0v) is 23.6. The number of piperidine rings is 1. The van der Waals surface area contributed by atoms with Gasteiger partial charge >= 0.3 is 6.03 Å². The number of nitrogens with one attached hydrogen (secondary N) is 3. The van der Waals surface area contributed by atoms with E-state index in [-0.39, 0.29) is 15.7 Å². The highest BCUT2D eigenvalue weighted by molar-refractivity contribution is 7.21. The minimum Gasteiger partial charge on any atom is -0.493 e. The van der Waals surface area contributed by atoms with E-state index in [2.05, 4.69) is 25.9 Å². The summed E-state index contributed by atoms with van der Waals surface area (Å²) in [6, 6.07) is 8.56. The summed E-state index contributed by atoms with van der Waals surface area (Å²) in [5.41, 5.74) is 1.12. The van der Waals surface area contributed by atoms with E-state index in [9.17, 15) is 14.0 Å². The topological polar surface area (TPSA) is 118 Å². The molecule has 2 aromatic carbocycles. The number of carbonyl (C=O) groups is 2. The van der Waals surface area contributed by atoms with Crippen LogP contribution in [0.15, 0.2) is 42.7 Å². The van der Waals surface area contributed by atoms with Crippen LogP contribution in [0.25, 0.3) is 10.2 Å². The molecule has 0 aliphatic carbocycles. The van der Waals surface area contributed by atoms with Gasteiger partial charge in [0.15, 0.2) is 17.3 Å². The molecule has 1 fully saturated rings. The Morgan fingerprint density at radius 1 is 1.20 bits per heavy atom. The van der Waals surface area contributed by atoms with Gasteiger partial charge in [0.2, 0.25) is 0 Å². The van der Waals surface area contributed by atoms with E-state index in [1.54, 1.807) is 25.3 Å². The van der Waals surface area contributed by atoms with E-state index in [1.165, 1.54) is 29.4 Å². The number of carbonyl (C=O) groups excluding carboxylic acids is 2. The number of urea groups is 1. The average molecular weight is 597 g/mol. The van der Waals surface area contributed by atoms with Crippen LogP contribution in [0, 0.1) is 11.7 Å². The lowest BCUT2D eigenvalue weighted by atomic mass is 9.95. The molecule has 4 heterocycles. The highest BCUT2D eigenvalue weighted by Gasteiger charge is 2.34. The molecule has 2 aliphatic heterocycles. The van der Waals surface area contributed by atoms with E-state index in [4.69, 9.17) is 21.1 Å². The number of halogens is 2. The molecule has 10 nitrogen and oxygen atoms in total. The van der Waals surface area contributed by atoms with Gasteiger partial charge in [-0.3, -0.25) is 4.79 Å². The van der Waals surface area contributed by atoms with Crippen LogP contribution in [-0.2, 0) is 0 Å². The smallest absolute Gasteiger partial charge is 0.332 e. The first-order chi connectivity index (χ1) is 19.9. The highest BCUT2D eigenvalue weighted by Crippen LogP contribution is 2.45. The first-order valence-corrected chi connectivity index (χ1v) is 14.3. The summed E-state index contributed by atoms with van der Waals surface area (Å²) >= 11 is 7.08. The van der Waals surface area contributed by atoms with Crippen molar-refractivity contribution in [2.75, 3.05) is 42.3 Å². The lowest BCUT2D eigenvalue weighted by molar-refractivity contribution is 0.103. The minimum absolute atomic E-state index is 0.134. The second kappa shape index (κ2) is 11.5. The Bertz CT molecular complexity index is 1640. The molecule has 0 radical (unpaired) electrons. The average Bonchev–Trinajstić information content (AvgIpc) is 3.35. The third-order valence-corrected chi connectivity index (χ3v) is 8.53. The third kappa shape index (κ3) is 5.37. The number of amides is 3. The third-order valence-electron chi connectivity index (χ3n) is 7.15. The predicted octanol–water partition coefficient (Wildman–Crippen LogP) is 6.20. The monoisotopic (exact) mass is 596 g/mol. The maximum absolute atomic E-state index is 13.8. The molecule has 0 atom stereocenters. The van der Waals surface area contributed by atoms with Crippen molar-refractivity contribution in [1.29, 1.82) is 0 Å². The fourth-order valence-corrected chi connectivity index (χ4v) is 6.21. The van der Waals surface area contributed by atoms with Crippen LogP contribution < -0.4 is 30.3 Å². The minimum atomic E-state index is -0.607. The van der Waals surface area contributed by atoms with Crippen molar-refractivity contribution in [1.82, 2.24) is 15.3 Å². The van der Waals surface area contributed by atoms with Crippen LogP contribution in [0.1, 0.15) is 28.9 Å². The first kappa shape index (κ1) is 27.2. The normalized spacial score (nSPS) is 15.1. The molecule has 3 N–H and O–H groups in total. The lowest BCUT2D eigenvalue weighted by Gasteiger charge is -2.27. The number of benzene rings is 2. The molecular weight excluding hydrogens is 571 g/mol. The molecule has 212 valence electrons. The van der Waals surface area contributed by atoms with Gasteiger partial charge in [-0.1, -0.05) is 11.6 Å². The number of ether oxygens (including phenoxy) is 2. The van der Waals surface area contributed by atoms with Gasteiger partial charge in [-0.15, -0.1) is 11.3 Å². The fourth-order valence-electron chi connectivity index (χ4n) is 5.05. The van der Waals surface area contributed by atoms with Crippen LogP contribution in [0.3, 0.4) is 0 Å². The van der Waals surface area contributed by atoms with Crippen LogP contribution in [0.2, 0.25) is 5.02 Å². The molecule has 2 aliphatic rings. The lowest BCUT2D eigenvalue weighted by Crippen LogP contribution is -2.35. The number of anilines is 4. The molecule has 41 heavy (non-hydrogen) atoms. The van der Waals surface area contributed by atoms with E-state index in [1.807, 2.05) is 0 Å². The molecule has 13 heteroatoms. The van der Waals surface area contributed by atoms with Crippen molar-refractivity contribution in [3.05, 3.63) is 58.4 Å². The maximum atomic E-state index is 13.8. The number of methoxy groups -OCH3 is 1. The SMILES string of the molecule is COc1cc(NC(=O)c2sc3ncnc4c3c2NC(=O)N4c2ccc(F)c(Cl)c2)ccc1OCCC1CCNCC1. The molecule has 4 aromatic rings. The summed E-state index contributed by atoms with van der Waals surface area (Å²) < 4.78 is 25.3. The van der Waals surface area contributed by atoms with Crippen LogP contribution in [-0.4, -0.2) is 48.7 Å². The van der Waals surface area contributed by atoms with Gasteiger partial charge in [0.25, 0.3) is 5.91 Å². The summed E-state index contributed by atoms with van der Waals surface area (Å²) in [6.45, 7) is 2.67. The Labute approximate surface area is 243 Å². The quantitative estimate of drug-likeness (QED) is 0.222. The Morgan fingerprint density at radius 2 is 2.02 bits per heavy atom. The molecule has 2 aromatic heterocycles. The Kier molecular flexibility index (Phi) is 7.61. The summed E-state index contributed by atoms with van der Waals surface area (Å²) in [6.07, 6.45) is 4.58. The molecule has 0 bridgehead atoms. The molecule has 0 spiro atoms. The van der Waals surface area contributed by atoms with Crippen molar-refractivity contribution in [2.24, 2.45) is 5.92 Å². The molecule has 6 rings (SSSR count). The predicted molar refractivity (Wildman–Crippen MR) is 157 cm³/mol. The van der Waals surface area contributed by atoms with Crippen molar-refractivity contribution < 1.29 is 23.5 Å². The van der Waals surface area contributed by atoms with Crippen molar-refractivity contribution in [3.8, 4) is 11.5 Å². The number of hydrogen-bond acceptors (Lipinski definition) is 8. The number of aromatic nitrogens is 2. The maximum Gasteiger partial charge on any atom is 0.332 e. The number of hydrogen-bond donors (Lipinski definition) is 3. The molecule has 3 amide bonds. The van der Waals surface area contributed by atoms with Crippen molar-refractivity contribution in [3.63, 3.8) is 0 Å². The van der Waals surface area contributed by atoms with Gasteiger partial charge < -0.3 is 25.4 Å². The second-order valence-corrected chi connectivity index (χ2v) is 11.1. The summed E-state index contributed by atoms with van der Waals surface area (Å²) in [7, 11) is 1.55. The van der Waals surface area contributed by atoms with Gasteiger partial charge in [-0.05, 0) is 68.6 Å². The molecule has 0 unspecified atom stereocenters. The Balaban J connectivity index is 1.22. The standard InChI is InChI=1S/C28H26ClFN6O4S/c1-39-21-12-16(2-5-20(21)40-11-8-15-6-9-31-10-7-15)34-26(37)24-23-22-25(32-14-33-27(22)41-24)36(28(38)35-23)17-3-4-19(30)18(29)13-17/h2-5,12-15,31H,6-11H2,1H3,(H,34,37)(H,35,38). The highest BCUT2D eigenvalue weighted by atomic mass is 35.5. The van der Waals surface area contributed by atoms with Crippen LogP contribution >= 0.6 is 22.9 Å². The van der Waals surface area contributed by atoms with Crippen LogP contribution in [0.4, 0.5) is 32.1 Å². The van der Waals surface area contributed by atoms with E-state index in [0.717, 1.165) is 43.7 Å². The second-order valence-electron chi connectivity index (χ2n) is 9.70. The largest absolute Gasteiger partial charge is 0.493 e. The van der Waals surface area contributed by atoms with E-state index < -0.39 is 17.8 Å². The van der Waals surface area contributed by atoms with Gasteiger partial charge in [0.1, 0.15) is 21.9 Å². The Hall–Kier alpha value is -4.00. The number of nitrogens with zero attached hydrogens (tertiary/aromatic N) is 3. The molecule has 1 saturated heterocycles. The zero-order valence-electron chi connectivity index (χ0n) is 22.0. The van der Waals surface area contributed by atoms with Crippen molar-refractivity contribution >= 4 is 68.0 Å². The van der Waals surface area contributed by atoms with Gasteiger partial charge in [-0.2, -0.15) is 0 Å². The summed E-state index contributed by atoms with van der Waals surface area (Å²) in [5.74, 6) is 0.970.